The molecular formula is C16H19FN2O. The molecule has 0 aliphatic carbocycles. The molecule has 0 spiro atoms. The van der Waals surface area contributed by atoms with Gasteiger partial charge in [-0.05, 0) is 49.2 Å². The molecule has 0 saturated heterocycles. The molecule has 3 nitrogen and oxygen atoms in total. The van der Waals surface area contributed by atoms with Gasteiger partial charge in [0.1, 0.15) is 11.6 Å². The Bertz CT molecular complexity index is 560. The Hall–Kier alpha value is -1.94. The minimum absolute atomic E-state index is 0.172. The van der Waals surface area contributed by atoms with E-state index in [1.807, 2.05) is 32.0 Å². The van der Waals surface area contributed by atoms with Gasteiger partial charge in [-0.2, -0.15) is 0 Å². The lowest BCUT2D eigenvalue weighted by Gasteiger charge is -2.24. The van der Waals surface area contributed by atoms with Crippen LogP contribution in [0.15, 0.2) is 42.6 Å². The van der Waals surface area contributed by atoms with E-state index in [0.717, 1.165) is 17.7 Å². The lowest BCUT2D eigenvalue weighted by Crippen LogP contribution is -2.32. The first-order valence-corrected chi connectivity index (χ1v) is 6.71. The second kappa shape index (κ2) is 6.48. The lowest BCUT2D eigenvalue weighted by atomic mass is 10.1. The van der Waals surface area contributed by atoms with Crippen molar-refractivity contribution in [3.63, 3.8) is 0 Å². The fraction of sp³-hybridized carbons (Fsp3) is 0.312. The molecule has 0 radical (unpaired) electrons. The molecule has 20 heavy (non-hydrogen) atoms. The number of benzene rings is 1. The van der Waals surface area contributed by atoms with Crippen molar-refractivity contribution in [3.05, 3.63) is 59.7 Å². The van der Waals surface area contributed by atoms with E-state index < -0.39 is 0 Å². The van der Waals surface area contributed by atoms with E-state index >= 15 is 0 Å². The number of aryl methyl sites for hydroxylation is 1. The van der Waals surface area contributed by atoms with Crippen molar-refractivity contribution in [1.29, 1.82) is 0 Å². The van der Waals surface area contributed by atoms with Crippen LogP contribution in [0.3, 0.4) is 0 Å². The standard InChI is InChI=1S/C16H19FN2O/c1-3-13(18)16(14-6-4-5-9-19-14)20-15-8-7-12(17)10-11(15)2/h4-10,13,16H,3,18H2,1-2H3. The van der Waals surface area contributed by atoms with Crippen molar-refractivity contribution < 1.29 is 9.13 Å². The first-order chi connectivity index (χ1) is 9.61. The zero-order chi connectivity index (χ0) is 14.5. The largest absolute Gasteiger partial charge is 0.482 e. The Kier molecular flexibility index (Phi) is 4.69. The van der Waals surface area contributed by atoms with Gasteiger partial charge in [-0.15, -0.1) is 0 Å². The highest BCUT2D eigenvalue weighted by atomic mass is 19.1. The summed E-state index contributed by atoms with van der Waals surface area (Å²) in [7, 11) is 0. The molecule has 2 unspecified atom stereocenters. The second-order valence-corrected chi connectivity index (χ2v) is 4.77. The monoisotopic (exact) mass is 274 g/mol. The average Bonchev–Trinajstić information content (AvgIpc) is 2.46. The topological polar surface area (TPSA) is 48.1 Å². The molecule has 2 aromatic rings. The number of rotatable bonds is 5. The van der Waals surface area contributed by atoms with Crippen molar-refractivity contribution >= 4 is 0 Å². The number of hydrogen-bond acceptors (Lipinski definition) is 3. The van der Waals surface area contributed by atoms with Crippen molar-refractivity contribution in [2.24, 2.45) is 5.73 Å². The van der Waals surface area contributed by atoms with Gasteiger partial charge in [0.15, 0.2) is 6.10 Å². The summed E-state index contributed by atoms with van der Waals surface area (Å²) in [5.74, 6) is 0.356. The molecule has 0 aliphatic heterocycles. The van der Waals surface area contributed by atoms with Gasteiger partial charge in [0, 0.05) is 12.2 Å². The van der Waals surface area contributed by atoms with Crippen molar-refractivity contribution in [3.8, 4) is 5.75 Å². The van der Waals surface area contributed by atoms with Crippen molar-refractivity contribution in [2.75, 3.05) is 0 Å². The molecule has 0 aliphatic rings. The Morgan fingerprint density at radius 3 is 2.70 bits per heavy atom. The van der Waals surface area contributed by atoms with Crippen molar-refractivity contribution in [1.82, 2.24) is 4.98 Å². The number of ether oxygens (including phenoxy) is 1. The van der Waals surface area contributed by atoms with Crippen LogP contribution in [0.1, 0.15) is 30.7 Å². The van der Waals surface area contributed by atoms with E-state index in [-0.39, 0.29) is 18.0 Å². The summed E-state index contributed by atoms with van der Waals surface area (Å²) in [6.45, 7) is 3.81. The van der Waals surface area contributed by atoms with E-state index in [1.54, 1.807) is 12.3 Å². The molecule has 0 amide bonds. The van der Waals surface area contributed by atoms with Crippen LogP contribution in [0.4, 0.5) is 4.39 Å². The summed E-state index contributed by atoms with van der Waals surface area (Å²) in [4.78, 5) is 4.31. The Morgan fingerprint density at radius 1 is 1.30 bits per heavy atom. The molecule has 4 heteroatoms. The number of hydrogen-bond donors (Lipinski definition) is 1. The summed E-state index contributed by atoms with van der Waals surface area (Å²) in [5.41, 5.74) is 7.67. The Morgan fingerprint density at radius 2 is 2.10 bits per heavy atom. The second-order valence-electron chi connectivity index (χ2n) is 4.77. The molecule has 106 valence electrons. The molecule has 0 bridgehead atoms. The van der Waals surface area contributed by atoms with Gasteiger partial charge in [0.2, 0.25) is 0 Å². The minimum atomic E-state index is -0.342. The predicted molar refractivity (Wildman–Crippen MR) is 77.0 cm³/mol. The van der Waals surface area contributed by atoms with Gasteiger partial charge in [0.25, 0.3) is 0 Å². The summed E-state index contributed by atoms with van der Waals surface area (Å²) in [6, 6.07) is 9.92. The fourth-order valence-electron chi connectivity index (χ4n) is 2.01. The van der Waals surface area contributed by atoms with E-state index in [4.69, 9.17) is 10.5 Å². The van der Waals surface area contributed by atoms with Crippen LogP contribution in [-0.2, 0) is 0 Å². The minimum Gasteiger partial charge on any atom is -0.482 e. The maximum absolute atomic E-state index is 13.1. The van der Waals surface area contributed by atoms with Gasteiger partial charge in [0.05, 0.1) is 5.69 Å². The SMILES string of the molecule is CCC(N)C(Oc1ccc(F)cc1C)c1ccccn1. The maximum atomic E-state index is 13.1. The van der Waals surface area contributed by atoms with Gasteiger partial charge in [-0.1, -0.05) is 13.0 Å². The number of nitrogens with two attached hydrogens (primary N) is 1. The van der Waals surface area contributed by atoms with Crippen LogP contribution >= 0.6 is 0 Å². The Labute approximate surface area is 118 Å². The lowest BCUT2D eigenvalue weighted by molar-refractivity contribution is 0.165. The van der Waals surface area contributed by atoms with E-state index in [2.05, 4.69) is 4.98 Å². The molecular weight excluding hydrogens is 255 g/mol. The predicted octanol–water partition coefficient (Wildman–Crippen LogP) is 3.39. The van der Waals surface area contributed by atoms with Crippen molar-refractivity contribution in [2.45, 2.75) is 32.4 Å². The molecule has 0 saturated carbocycles. The molecule has 1 heterocycles. The molecule has 1 aromatic carbocycles. The summed E-state index contributed by atoms with van der Waals surface area (Å²) in [6.07, 6.45) is 2.14. The average molecular weight is 274 g/mol. The quantitative estimate of drug-likeness (QED) is 0.909. The van der Waals surface area contributed by atoms with E-state index in [1.165, 1.54) is 12.1 Å². The third-order valence-electron chi connectivity index (χ3n) is 3.23. The van der Waals surface area contributed by atoms with Crippen LogP contribution in [0.5, 0.6) is 5.75 Å². The highest BCUT2D eigenvalue weighted by molar-refractivity contribution is 5.33. The van der Waals surface area contributed by atoms with Crippen LogP contribution in [0, 0.1) is 12.7 Å². The first-order valence-electron chi connectivity index (χ1n) is 6.71. The summed E-state index contributed by atoms with van der Waals surface area (Å²) in [5, 5.41) is 0. The highest BCUT2D eigenvalue weighted by Gasteiger charge is 2.22. The highest BCUT2D eigenvalue weighted by Crippen LogP contribution is 2.27. The third-order valence-corrected chi connectivity index (χ3v) is 3.23. The van der Waals surface area contributed by atoms with Gasteiger partial charge < -0.3 is 10.5 Å². The molecule has 2 rings (SSSR count). The van der Waals surface area contributed by atoms with Crippen LogP contribution in [0.25, 0.3) is 0 Å². The van der Waals surface area contributed by atoms with Crippen LogP contribution in [-0.4, -0.2) is 11.0 Å². The number of pyridine rings is 1. The van der Waals surface area contributed by atoms with Gasteiger partial charge >= 0.3 is 0 Å². The first kappa shape index (κ1) is 14.5. The van der Waals surface area contributed by atoms with E-state index in [9.17, 15) is 4.39 Å². The third kappa shape index (κ3) is 3.33. The number of nitrogens with zero attached hydrogens (tertiary/aromatic N) is 1. The Balaban J connectivity index is 2.29. The smallest absolute Gasteiger partial charge is 0.155 e. The molecule has 2 atom stereocenters. The maximum Gasteiger partial charge on any atom is 0.155 e. The van der Waals surface area contributed by atoms with Gasteiger partial charge in [-0.3, -0.25) is 4.98 Å². The molecule has 0 fully saturated rings. The van der Waals surface area contributed by atoms with E-state index in [0.29, 0.717) is 5.75 Å². The number of aromatic nitrogens is 1. The van der Waals surface area contributed by atoms with Gasteiger partial charge in [-0.25, -0.2) is 4.39 Å². The zero-order valence-electron chi connectivity index (χ0n) is 11.7. The summed E-state index contributed by atoms with van der Waals surface area (Å²) >= 11 is 0. The zero-order valence-corrected chi connectivity index (χ0v) is 11.7. The van der Waals surface area contributed by atoms with Crippen LogP contribution in [0.2, 0.25) is 0 Å². The number of halogens is 1. The normalized spacial score (nSPS) is 13.8. The fourth-order valence-corrected chi connectivity index (χ4v) is 2.01. The summed E-state index contributed by atoms with van der Waals surface area (Å²) < 4.78 is 19.1. The molecule has 2 N–H and O–H groups in total. The van der Waals surface area contributed by atoms with Crippen LogP contribution < -0.4 is 10.5 Å². The molecule has 1 aromatic heterocycles.